The second kappa shape index (κ2) is 6.94. The number of oxime groups is 1. The van der Waals surface area contributed by atoms with Gasteiger partial charge in [-0.3, -0.25) is 0 Å². The van der Waals surface area contributed by atoms with Crippen LogP contribution in [0.5, 0.6) is 5.88 Å². The Morgan fingerprint density at radius 3 is 2.70 bits per heavy atom. The zero-order valence-electron chi connectivity index (χ0n) is 10.7. The average Bonchev–Trinajstić information content (AvgIpc) is 2.42. The number of pyridine rings is 1. The van der Waals surface area contributed by atoms with Crippen LogP contribution < -0.4 is 15.8 Å². The molecule has 1 unspecified atom stereocenters. The Hall–Kier alpha value is -2.03. The van der Waals surface area contributed by atoms with Gasteiger partial charge in [-0.15, -0.1) is 0 Å². The fourth-order valence-electron chi connectivity index (χ4n) is 1.45. The normalized spacial score (nSPS) is 14.1. The second-order valence-electron chi connectivity index (χ2n) is 3.96. The van der Waals surface area contributed by atoms with Gasteiger partial charge in [0.25, 0.3) is 0 Å². The Morgan fingerprint density at radius 2 is 2.25 bits per heavy atom. The molecule has 6 nitrogen and oxygen atoms in total. The van der Waals surface area contributed by atoms with E-state index in [0.717, 1.165) is 0 Å². The molecular formula is C11H15F3N4O2. The SMILES string of the molecule is COc1ccc(CNCC(/C(N)=N/O)C(F)(F)F)cn1. The summed E-state index contributed by atoms with van der Waals surface area (Å²) in [4.78, 5) is 3.92. The molecule has 20 heavy (non-hydrogen) atoms. The van der Waals surface area contributed by atoms with E-state index in [-0.39, 0.29) is 6.54 Å². The summed E-state index contributed by atoms with van der Waals surface area (Å²) in [6, 6.07) is 3.27. The van der Waals surface area contributed by atoms with Crippen molar-refractivity contribution in [2.24, 2.45) is 16.8 Å². The van der Waals surface area contributed by atoms with Gasteiger partial charge in [0, 0.05) is 25.4 Å². The summed E-state index contributed by atoms with van der Waals surface area (Å²) in [7, 11) is 1.46. The number of hydrogen-bond acceptors (Lipinski definition) is 5. The highest BCUT2D eigenvalue weighted by Crippen LogP contribution is 2.25. The summed E-state index contributed by atoms with van der Waals surface area (Å²) >= 11 is 0. The number of ether oxygens (including phenoxy) is 1. The lowest BCUT2D eigenvalue weighted by Crippen LogP contribution is -2.42. The Kier molecular flexibility index (Phi) is 5.56. The molecule has 0 saturated heterocycles. The highest BCUT2D eigenvalue weighted by Gasteiger charge is 2.42. The van der Waals surface area contributed by atoms with Crippen LogP contribution >= 0.6 is 0 Å². The van der Waals surface area contributed by atoms with E-state index >= 15 is 0 Å². The van der Waals surface area contributed by atoms with E-state index in [9.17, 15) is 13.2 Å². The summed E-state index contributed by atoms with van der Waals surface area (Å²) in [5.41, 5.74) is 5.72. The van der Waals surface area contributed by atoms with Gasteiger partial charge in [0.1, 0.15) is 5.92 Å². The van der Waals surface area contributed by atoms with Crippen LogP contribution in [0.2, 0.25) is 0 Å². The van der Waals surface area contributed by atoms with E-state index in [2.05, 4.69) is 15.5 Å². The maximum atomic E-state index is 12.6. The third-order valence-corrected chi connectivity index (χ3v) is 2.55. The van der Waals surface area contributed by atoms with Crippen molar-refractivity contribution in [3.63, 3.8) is 0 Å². The third-order valence-electron chi connectivity index (χ3n) is 2.55. The van der Waals surface area contributed by atoms with Gasteiger partial charge in [-0.2, -0.15) is 13.2 Å². The summed E-state index contributed by atoms with van der Waals surface area (Å²) in [5.74, 6) is -2.50. The summed E-state index contributed by atoms with van der Waals surface area (Å²) in [6.45, 7) is -0.326. The van der Waals surface area contributed by atoms with Gasteiger partial charge >= 0.3 is 6.18 Å². The van der Waals surface area contributed by atoms with Crippen molar-refractivity contribution in [2.45, 2.75) is 12.7 Å². The summed E-state index contributed by atoms with van der Waals surface area (Å²) in [5, 5.41) is 13.4. The Labute approximate surface area is 113 Å². The number of rotatable bonds is 6. The number of hydrogen-bond donors (Lipinski definition) is 3. The largest absolute Gasteiger partial charge is 0.481 e. The van der Waals surface area contributed by atoms with Gasteiger partial charge in [-0.05, 0) is 5.56 Å². The molecule has 1 atom stereocenters. The molecule has 0 fully saturated rings. The third kappa shape index (κ3) is 4.57. The highest BCUT2D eigenvalue weighted by molar-refractivity contribution is 5.83. The zero-order valence-corrected chi connectivity index (χ0v) is 10.7. The quantitative estimate of drug-likeness (QED) is 0.316. The number of amidine groups is 1. The van der Waals surface area contributed by atoms with Crippen molar-refractivity contribution in [2.75, 3.05) is 13.7 Å². The molecule has 0 radical (unpaired) electrons. The molecule has 0 aliphatic carbocycles. The lowest BCUT2D eigenvalue weighted by Gasteiger charge is -2.19. The summed E-state index contributed by atoms with van der Waals surface area (Å²) in [6.07, 6.45) is -3.10. The fraction of sp³-hybridized carbons (Fsp3) is 0.455. The van der Waals surface area contributed by atoms with Crippen LogP contribution in [0, 0.1) is 5.92 Å². The maximum Gasteiger partial charge on any atom is 0.400 e. The molecule has 1 aromatic rings. The molecule has 112 valence electrons. The smallest absolute Gasteiger partial charge is 0.400 e. The number of nitrogens with two attached hydrogens (primary N) is 1. The van der Waals surface area contributed by atoms with Gasteiger partial charge in [0.05, 0.1) is 7.11 Å². The minimum atomic E-state index is -4.58. The molecule has 1 rings (SSSR count). The number of methoxy groups -OCH3 is 1. The first-order valence-electron chi connectivity index (χ1n) is 5.62. The molecule has 4 N–H and O–H groups in total. The molecule has 0 aliphatic rings. The maximum absolute atomic E-state index is 12.6. The van der Waals surface area contributed by atoms with Crippen LogP contribution in [0.4, 0.5) is 13.2 Å². The number of nitrogens with one attached hydrogen (secondary N) is 1. The first kappa shape index (κ1) is 16.0. The standard InChI is InChI=1S/C11H15F3N4O2/c1-20-9-3-2-7(5-17-9)4-16-6-8(10(15)18-19)11(12,13)14/h2-3,5,8,16,19H,4,6H2,1H3,(H2,15,18). The van der Waals surface area contributed by atoms with Crippen LogP contribution in [-0.2, 0) is 6.54 Å². The number of alkyl halides is 3. The van der Waals surface area contributed by atoms with E-state index in [0.29, 0.717) is 11.4 Å². The molecule has 0 spiro atoms. The molecule has 0 amide bonds. The molecule has 1 aromatic heterocycles. The van der Waals surface area contributed by atoms with Crippen molar-refractivity contribution in [1.29, 1.82) is 0 Å². The molecule has 9 heteroatoms. The Balaban J connectivity index is 2.56. The Morgan fingerprint density at radius 1 is 1.55 bits per heavy atom. The fourth-order valence-corrected chi connectivity index (χ4v) is 1.45. The van der Waals surface area contributed by atoms with E-state index in [1.54, 1.807) is 12.1 Å². The Bertz CT molecular complexity index is 448. The minimum absolute atomic E-state index is 0.169. The van der Waals surface area contributed by atoms with Crippen LogP contribution in [0.3, 0.4) is 0 Å². The number of aromatic nitrogens is 1. The van der Waals surface area contributed by atoms with E-state index in [1.807, 2.05) is 0 Å². The molecule has 0 bridgehead atoms. The highest BCUT2D eigenvalue weighted by atomic mass is 19.4. The van der Waals surface area contributed by atoms with Crippen molar-refractivity contribution in [3.05, 3.63) is 23.9 Å². The topological polar surface area (TPSA) is 92.8 Å². The van der Waals surface area contributed by atoms with Gasteiger partial charge in [-0.1, -0.05) is 11.2 Å². The van der Waals surface area contributed by atoms with Crippen molar-refractivity contribution >= 4 is 5.84 Å². The van der Waals surface area contributed by atoms with E-state index in [1.165, 1.54) is 13.3 Å². The van der Waals surface area contributed by atoms with Crippen molar-refractivity contribution in [1.82, 2.24) is 10.3 Å². The van der Waals surface area contributed by atoms with Gasteiger partial charge < -0.3 is 21.0 Å². The monoisotopic (exact) mass is 292 g/mol. The lowest BCUT2D eigenvalue weighted by atomic mass is 10.1. The van der Waals surface area contributed by atoms with Crippen LogP contribution in [0.1, 0.15) is 5.56 Å². The molecule has 1 heterocycles. The van der Waals surface area contributed by atoms with Crippen LogP contribution in [0.25, 0.3) is 0 Å². The first-order chi connectivity index (χ1) is 9.38. The van der Waals surface area contributed by atoms with Gasteiger partial charge in [0.15, 0.2) is 5.84 Å². The first-order valence-corrected chi connectivity index (χ1v) is 5.62. The van der Waals surface area contributed by atoms with Crippen LogP contribution in [-0.4, -0.2) is 35.9 Å². The van der Waals surface area contributed by atoms with E-state index in [4.69, 9.17) is 15.7 Å². The summed E-state index contributed by atoms with van der Waals surface area (Å²) < 4.78 is 42.8. The zero-order chi connectivity index (χ0) is 15.2. The van der Waals surface area contributed by atoms with Gasteiger partial charge in [-0.25, -0.2) is 4.98 Å². The van der Waals surface area contributed by atoms with Crippen LogP contribution in [0.15, 0.2) is 23.5 Å². The predicted octanol–water partition coefficient (Wildman–Crippen LogP) is 1.10. The predicted molar refractivity (Wildman–Crippen MR) is 65.4 cm³/mol. The lowest BCUT2D eigenvalue weighted by molar-refractivity contribution is -0.154. The van der Waals surface area contributed by atoms with E-state index < -0.39 is 24.5 Å². The molecule has 0 saturated carbocycles. The van der Waals surface area contributed by atoms with Crippen molar-refractivity contribution < 1.29 is 23.1 Å². The minimum Gasteiger partial charge on any atom is -0.481 e. The molecule has 0 aliphatic heterocycles. The van der Waals surface area contributed by atoms with Gasteiger partial charge in [0.2, 0.25) is 5.88 Å². The molecule has 0 aromatic carbocycles. The molecular weight excluding hydrogens is 277 g/mol. The number of nitrogens with zero attached hydrogens (tertiary/aromatic N) is 2. The second-order valence-corrected chi connectivity index (χ2v) is 3.96. The van der Waals surface area contributed by atoms with Crippen molar-refractivity contribution in [3.8, 4) is 5.88 Å². The average molecular weight is 292 g/mol. The number of halogens is 3.